The van der Waals surface area contributed by atoms with Crippen LogP contribution >= 0.6 is 15.9 Å². The van der Waals surface area contributed by atoms with Crippen LogP contribution in [0.2, 0.25) is 0 Å². The zero-order valence-corrected chi connectivity index (χ0v) is 12.4. The topological polar surface area (TPSA) is 66.6 Å². The molecule has 0 heterocycles. The molecule has 0 radical (unpaired) electrons. The maximum atomic E-state index is 12.5. The van der Waals surface area contributed by atoms with Crippen LogP contribution in [0.3, 0.4) is 0 Å². The van der Waals surface area contributed by atoms with E-state index < -0.39 is 0 Å². The van der Waals surface area contributed by atoms with E-state index in [1.54, 1.807) is 23.1 Å². The Labute approximate surface area is 121 Å². The molecule has 0 atom stereocenters. The second-order valence-electron chi connectivity index (χ2n) is 4.90. The van der Waals surface area contributed by atoms with Crippen LogP contribution in [0.15, 0.2) is 22.7 Å². The summed E-state index contributed by atoms with van der Waals surface area (Å²) in [5, 5.41) is 9.17. The molecule has 104 valence electrons. The standard InChI is InChI=1S/C14H19BrN2O2/c15-12-6-5-10(9-13(12)16)14(19)17(7-8-18)11-3-1-2-4-11/h5-6,9,11,18H,1-4,7-8,16H2. The Morgan fingerprint density at radius 2 is 2.11 bits per heavy atom. The fraction of sp³-hybridized carbons (Fsp3) is 0.500. The lowest BCUT2D eigenvalue weighted by atomic mass is 10.1. The Morgan fingerprint density at radius 3 is 2.68 bits per heavy atom. The zero-order valence-electron chi connectivity index (χ0n) is 10.8. The second-order valence-corrected chi connectivity index (χ2v) is 5.75. The third kappa shape index (κ3) is 3.28. The normalized spacial score (nSPS) is 15.7. The van der Waals surface area contributed by atoms with Gasteiger partial charge in [0.15, 0.2) is 0 Å². The molecule has 1 aliphatic rings. The van der Waals surface area contributed by atoms with Crippen LogP contribution in [0.1, 0.15) is 36.0 Å². The molecule has 0 bridgehead atoms. The lowest BCUT2D eigenvalue weighted by Crippen LogP contribution is -2.40. The summed E-state index contributed by atoms with van der Waals surface area (Å²) in [6.45, 7) is 0.383. The second kappa shape index (κ2) is 6.39. The lowest BCUT2D eigenvalue weighted by Gasteiger charge is -2.28. The summed E-state index contributed by atoms with van der Waals surface area (Å²) in [5.41, 5.74) is 6.96. The van der Waals surface area contributed by atoms with Crippen LogP contribution in [0.5, 0.6) is 0 Å². The molecule has 0 aliphatic heterocycles. The Kier molecular flexibility index (Phi) is 4.82. The smallest absolute Gasteiger partial charge is 0.254 e. The highest BCUT2D eigenvalue weighted by molar-refractivity contribution is 9.10. The van der Waals surface area contributed by atoms with E-state index in [2.05, 4.69) is 15.9 Å². The highest BCUT2D eigenvalue weighted by Crippen LogP contribution is 2.26. The van der Waals surface area contributed by atoms with Crippen LogP contribution in [0.25, 0.3) is 0 Å². The summed E-state index contributed by atoms with van der Waals surface area (Å²) in [7, 11) is 0. The van der Waals surface area contributed by atoms with Crippen molar-refractivity contribution >= 4 is 27.5 Å². The van der Waals surface area contributed by atoms with Crippen molar-refractivity contribution in [3.05, 3.63) is 28.2 Å². The Morgan fingerprint density at radius 1 is 1.42 bits per heavy atom. The number of benzene rings is 1. The first-order valence-electron chi connectivity index (χ1n) is 6.60. The Balaban J connectivity index is 2.20. The Hall–Kier alpha value is -1.07. The number of carbonyl (C=O) groups excluding carboxylic acids is 1. The van der Waals surface area contributed by atoms with Gasteiger partial charge in [-0.15, -0.1) is 0 Å². The summed E-state index contributed by atoms with van der Waals surface area (Å²) >= 11 is 3.32. The molecule has 1 aliphatic carbocycles. The Bertz CT molecular complexity index is 459. The largest absolute Gasteiger partial charge is 0.398 e. The fourth-order valence-corrected chi connectivity index (χ4v) is 2.86. The van der Waals surface area contributed by atoms with Crippen molar-refractivity contribution in [1.82, 2.24) is 4.90 Å². The van der Waals surface area contributed by atoms with Crippen LogP contribution in [-0.2, 0) is 0 Å². The highest BCUT2D eigenvalue weighted by Gasteiger charge is 2.27. The van der Waals surface area contributed by atoms with E-state index in [1.807, 2.05) is 0 Å². The van der Waals surface area contributed by atoms with Crippen LogP contribution in [0.4, 0.5) is 5.69 Å². The van der Waals surface area contributed by atoms with Gasteiger partial charge in [-0.1, -0.05) is 12.8 Å². The molecule has 1 amide bonds. The minimum Gasteiger partial charge on any atom is -0.398 e. The van der Waals surface area contributed by atoms with Gasteiger partial charge < -0.3 is 15.7 Å². The van der Waals surface area contributed by atoms with Gasteiger partial charge in [0.05, 0.1) is 6.61 Å². The van der Waals surface area contributed by atoms with Gasteiger partial charge in [-0.3, -0.25) is 4.79 Å². The van der Waals surface area contributed by atoms with Crippen LogP contribution in [0, 0.1) is 0 Å². The molecule has 0 saturated heterocycles. The average molecular weight is 327 g/mol. The fourth-order valence-electron chi connectivity index (χ4n) is 2.62. The molecule has 1 aromatic rings. The third-order valence-electron chi connectivity index (χ3n) is 3.61. The van der Waals surface area contributed by atoms with E-state index in [0.717, 1.165) is 30.2 Å². The minimum atomic E-state index is -0.0415. The SMILES string of the molecule is Nc1cc(C(=O)N(CCO)C2CCCC2)ccc1Br. The summed E-state index contributed by atoms with van der Waals surface area (Å²) in [6.07, 6.45) is 4.36. The quantitative estimate of drug-likeness (QED) is 0.835. The predicted octanol–water partition coefficient (Wildman–Crippen LogP) is 2.41. The van der Waals surface area contributed by atoms with Crippen molar-refractivity contribution in [3.8, 4) is 0 Å². The lowest BCUT2D eigenvalue weighted by molar-refractivity contribution is 0.0638. The molecule has 4 nitrogen and oxygen atoms in total. The van der Waals surface area contributed by atoms with Crippen molar-refractivity contribution in [2.45, 2.75) is 31.7 Å². The summed E-state index contributed by atoms with van der Waals surface area (Å²) in [6, 6.07) is 5.49. The first-order chi connectivity index (χ1) is 9.13. The van der Waals surface area contributed by atoms with Gasteiger partial charge in [-0.2, -0.15) is 0 Å². The third-order valence-corrected chi connectivity index (χ3v) is 4.33. The van der Waals surface area contributed by atoms with Crippen molar-refractivity contribution in [1.29, 1.82) is 0 Å². The molecule has 0 aromatic heterocycles. The van der Waals surface area contributed by atoms with E-state index in [-0.39, 0.29) is 18.6 Å². The number of aliphatic hydroxyl groups is 1. The van der Waals surface area contributed by atoms with E-state index >= 15 is 0 Å². The minimum absolute atomic E-state index is 0.00570. The van der Waals surface area contributed by atoms with Gasteiger partial charge in [0, 0.05) is 28.3 Å². The van der Waals surface area contributed by atoms with E-state index in [1.165, 1.54) is 0 Å². The molecule has 1 aromatic carbocycles. The molecule has 0 unspecified atom stereocenters. The number of anilines is 1. The molecule has 1 saturated carbocycles. The van der Waals surface area contributed by atoms with Gasteiger partial charge in [-0.05, 0) is 47.0 Å². The maximum Gasteiger partial charge on any atom is 0.254 e. The molecule has 5 heteroatoms. The number of hydrogen-bond acceptors (Lipinski definition) is 3. The van der Waals surface area contributed by atoms with Gasteiger partial charge in [-0.25, -0.2) is 0 Å². The summed E-state index contributed by atoms with van der Waals surface area (Å²) in [4.78, 5) is 14.3. The molecule has 3 N–H and O–H groups in total. The van der Waals surface area contributed by atoms with Crippen molar-refractivity contribution in [3.63, 3.8) is 0 Å². The van der Waals surface area contributed by atoms with Gasteiger partial charge >= 0.3 is 0 Å². The molecular formula is C14H19BrN2O2. The maximum absolute atomic E-state index is 12.5. The number of nitrogen functional groups attached to an aromatic ring is 1. The van der Waals surface area contributed by atoms with Crippen molar-refractivity contribution in [2.75, 3.05) is 18.9 Å². The molecule has 19 heavy (non-hydrogen) atoms. The van der Waals surface area contributed by atoms with Gasteiger partial charge in [0.1, 0.15) is 0 Å². The number of aliphatic hydroxyl groups excluding tert-OH is 1. The first-order valence-corrected chi connectivity index (χ1v) is 7.39. The number of rotatable bonds is 4. The number of carbonyl (C=O) groups is 1. The van der Waals surface area contributed by atoms with Gasteiger partial charge in [0.25, 0.3) is 5.91 Å². The number of amides is 1. The van der Waals surface area contributed by atoms with Crippen LogP contribution in [-0.4, -0.2) is 35.1 Å². The number of halogens is 1. The molecular weight excluding hydrogens is 308 g/mol. The van der Waals surface area contributed by atoms with Crippen molar-refractivity contribution < 1.29 is 9.90 Å². The van der Waals surface area contributed by atoms with E-state index in [0.29, 0.717) is 17.8 Å². The zero-order chi connectivity index (χ0) is 13.8. The van der Waals surface area contributed by atoms with Crippen LogP contribution < -0.4 is 5.73 Å². The number of hydrogen-bond donors (Lipinski definition) is 2. The highest BCUT2D eigenvalue weighted by atomic mass is 79.9. The average Bonchev–Trinajstić information content (AvgIpc) is 2.92. The predicted molar refractivity (Wildman–Crippen MR) is 78.9 cm³/mol. The molecule has 0 spiro atoms. The van der Waals surface area contributed by atoms with Crippen molar-refractivity contribution in [2.24, 2.45) is 0 Å². The number of nitrogens with two attached hydrogens (primary N) is 1. The monoisotopic (exact) mass is 326 g/mol. The van der Waals surface area contributed by atoms with E-state index in [9.17, 15) is 4.79 Å². The summed E-state index contributed by atoms with van der Waals surface area (Å²) in [5.74, 6) is -0.0415. The van der Waals surface area contributed by atoms with E-state index in [4.69, 9.17) is 10.8 Å². The summed E-state index contributed by atoms with van der Waals surface area (Å²) < 4.78 is 0.790. The van der Waals surface area contributed by atoms with Gasteiger partial charge in [0.2, 0.25) is 0 Å². The first kappa shape index (κ1) is 14.3. The molecule has 2 rings (SSSR count). The molecule has 1 fully saturated rings. The number of nitrogens with zero attached hydrogens (tertiary/aromatic N) is 1.